The molecule has 0 aromatic rings. The van der Waals surface area contributed by atoms with Crippen molar-refractivity contribution in [1.82, 2.24) is 0 Å². The Balaban J connectivity index is -0.0000000512. The molecular weight excluding hydrogens is 884 g/mol. The summed E-state index contributed by atoms with van der Waals surface area (Å²) in [5.74, 6) is 6.10. The van der Waals surface area contributed by atoms with Gasteiger partial charge in [-0.1, -0.05) is 135 Å². The fraction of sp³-hybridized carbons (Fsp3) is 1.00. The average molecular weight is 968 g/mol. The van der Waals surface area contributed by atoms with Crippen LogP contribution in [0.2, 0.25) is 0 Å². The SMILES string of the molecule is C.C.C.C.C.C.C.C.CCP(CP(CCPCP(C)P)P(P)P)PP.CCPCP(P)CCP(CP(C)P(P)P)PP. The van der Waals surface area contributed by atoms with Gasteiger partial charge in [0, 0.05) is 0 Å². The predicted molar refractivity (Wildman–Crippen MR) is 292 cm³/mol. The monoisotopic (exact) mass is 968 g/mol. The van der Waals surface area contributed by atoms with Crippen LogP contribution in [0.1, 0.15) is 73.3 Å². The van der Waals surface area contributed by atoms with E-state index >= 15 is 0 Å². The van der Waals surface area contributed by atoms with E-state index in [4.69, 9.17) is 0 Å². The van der Waals surface area contributed by atoms with Gasteiger partial charge in [0.25, 0.3) is 0 Å². The van der Waals surface area contributed by atoms with Crippen molar-refractivity contribution in [2.24, 2.45) is 0 Å². The maximum atomic E-state index is 3.14. The quantitative estimate of drug-likeness (QED) is 0.0842. The molecule has 0 spiro atoms. The fourth-order valence-electron chi connectivity index (χ4n) is 2.23. The molecule has 0 aliphatic carbocycles. The third-order valence-corrected chi connectivity index (χ3v) is 59.7. The molecule has 0 saturated heterocycles. The number of rotatable bonds is 20. The minimum atomic E-state index is 0. The first-order valence-corrected chi connectivity index (χ1v) is 45.6. The second-order valence-corrected chi connectivity index (χ2v) is 62.3. The minimum Gasteiger partial charge on any atom is -0.118 e. The van der Waals surface area contributed by atoms with Crippen LogP contribution in [-0.2, 0) is 0 Å². The first kappa shape index (κ1) is 75.5. The van der Waals surface area contributed by atoms with Crippen LogP contribution < -0.4 is 0 Å². The lowest BCUT2D eigenvalue weighted by molar-refractivity contribution is 1.50. The summed E-state index contributed by atoms with van der Waals surface area (Å²) < 4.78 is 0. The molecule has 0 amide bonds. The summed E-state index contributed by atoms with van der Waals surface area (Å²) in [6.07, 6.45) is 8.90. The van der Waals surface area contributed by atoms with E-state index in [0.717, 1.165) is 15.9 Å². The van der Waals surface area contributed by atoms with Crippen molar-refractivity contribution in [3.05, 3.63) is 0 Å². The number of hydrogen-bond donors (Lipinski definition) is 0. The van der Waals surface area contributed by atoms with Crippen LogP contribution >= 0.6 is 164 Å². The summed E-state index contributed by atoms with van der Waals surface area (Å²) in [7, 11) is 30.9. The van der Waals surface area contributed by atoms with E-state index < -0.39 is 0 Å². The molecule has 0 radical (unpaired) electrons. The van der Waals surface area contributed by atoms with Gasteiger partial charge in [0.15, 0.2) is 0 Å². The van der Waals surface area contributed by atoms with E-state index in [1.807, 2.05) is 0 Å². The van der Waals surface area contributed by atoms with Crippen molar-refractivity contribution >= 4 is 164 Å². The molecule has 0 saturated carbocycles. The van der Waals surface area contributed by atoms with E-state index in [-0.39, 0.29) is 96.2 Å². The fourth-order valence-corrected chi connectivity index (χ4v) is 54.9. The zero-order valence-electron chi connectivity index (χ0n) is 21.3. The molecule has 272 valence electrons. The Bertz CT molecular complexity index is 431. The molecule has 0 nitrogen and oxygen atoms in total. The van der Waals surface area contributed by atoms with Gasteiger partial charge in [0.1, 0.15) is 0 Å². The van der Waals surface area contributed by atoms with Crippen LogP contribution in [0.5, 0.6) is 0 Å². The Kier molecular flexibility index (Phi) is 97.0. The molecule has 18 atom stereocenters. The summed E-state index contributed by atoms with van der Waals surface area (Å²) >= 11 is 0. The van der Waals surface area contributed by atoms with E-state index in [1.54, 1.807) is 11.8 Å². The van der Waals surface area contributed by atoms with Crippen LogP contribution in [-0.4, -0.2) is 73.9 Å². The molecular formula is C22H84P20. The van der Waals surface area contributed by atoms with Gasteiger partial charge in [0.05, 0.1) is 0 Å². The van der Waals surface area contributed by atoms with Crippen molar-refractivity contribution < 1.29 is 0 Å². The van der Waals surface area contributed by atoms with Crippen LogP contribution in [0, 0.1) is 0 Å². The largest absolute Gasteiger partial charge is 0.118 e. The molecule has 0 aromatic heterocycles. The van der Waals surface area contributed by atoms with Crippen molar-refractivity contribution in [1.29, 1.82) is 0 Å². The first-order chi connectivity index (χ1) is 16.0. The van der Waals surface area contributed by atoms with E-state index in [2.05, 4.69) is 98.6 Å². The third kappa shape index (κ3) is 50.7. The molecule has 20 heteroatoms. The molecule has 0 N–H and O–H groups in total. The normalized spacial score (nSPS) is 15.0. The summed E-state index contributed by atoms with van der Waals surface area (Å²) in [5.41, 5.74) is 0. The zero-order chi connectivity index (χ0) is 26.5. The molecule has 0 fully saturated rings. The van der Waals surface area contributed by atoms with Crippen molar-refractivity contribution in [2.75, 3.05) is 73.9 Å². The Morgan fingerprint density at radius 1 is 0.571 bits per heavy atom. The summed E-state index contributed by atoms with van der Waals surface area (Å²) in [4.78, 5) is 0. The van der Waals surface area contributed by atoms with Gasteiger partial charge < -0.3 is 0 Å². The highest BCUT2D eigenvalue weighted by Gasteiger charge is 2.17. The highest BCUT2D eigenvalue weighted by molar-refractivity contribution is 8.74. The van der Waals surface area contributed by atoms with E-state index in [0.29, 0.717) is 22.8 Å². The molecule has 42 heavy (non-hydrogen) atoms. The molecule has 0 aliphatic heterocycles. The van der Waals surface area contributed by atoms with Gasteiger partial charge in [-0.05, 0) is 87.9 Å². The lowest BCUT2D eigenvalue weighted by Gasteiger charge is -2.26. The second kappa shape index (κ2) is 53.9. The zero-order valence-corrected chi connectivity index (χ0v) is 41.7. The molecule has 0 rings (SSSR count). The lowest BCUT2D eigenvalue weighted by atomic mass is 11.0. The van der Waals surface area contributed by atoms with E-state index in [1.165, 1.54) is 65.9 Å². The average Bonchev–Trinajstić information content (AvgIpc) is 2.79. The van der Waals surface area contributed by atoms with Crippen LogP contribution in [0.25, 0.3) is 0 Å². The van der Waals surface area contributed by atoms with Gasteiger partial charge in [-0.25, -0.2) is 0 Å². The minimum absolute atomic E-state index is 0. The lowest BCUT2D eigenvalue weighted by Crippen LogP contribution is -1.89. The Morgan fingerprint density at radius 2 is 1.07 bits per heavy atom. The van der Waals surface area contributed by atoms with Crippen LogP contribution in [0.3, 0.4) is 0 Å². The number of hydrogen-bond acceptors (Lipinski definition) is 0. The van der Waals surface area contributed by atoms with Gasteiger partial charge in [0.2, 0.25) is 0 Å². The van der Waals surface area contributed by atoms with Crippen molar-refractivity contribution in [3.8, 4) is 0 Å². The summed E-state index contributed by atoms with van der Waals surface area (Å²) in [6, 6.07) is 0. The maximum Gasteiger partial charge on any atom is -0.00364 e. The smallest absolute Gasteiger partial charge is 0.00364 e. The van der Waals surface area contributed by atoms with Crippen molar-refractivity contribution in [2.45, 2.75) is 73.3 Å². The van der Waals surface area contributed by atoms with E-state index in [9.17, 15) is 0 Å². The standard InChI is InChI=1S/2C7H26P10.8CH4/c1-3-15(13-8)7-16(17(10)11)5-4-12-6-14(2)9;1-3-12-6-15(9)4-5-16(13-8)7-14(2)17(10)11;;;;;;;;/h2*12-13H,3-11H2,1-2H3;8*1H4. The van der Waals surface area contributed by atoms with Crippen LogP contribution in [0.15, 0.2) is 0 Å². The highest BCUT2D eigenvalue weighted by Crippen LogP contribution is 2.84. The molecule has 0 heterocycles. The Labute approximate surface area is 308 Å². The van der Waals surface area contributed by atoms with Gasteiger partial charge in [-0.2, -0.15) is 0 Å². The Morgan fingerprint density at radius 3 is 1.43 bits per heavy atom. The Hall–Kier alpha value is 8.60. The van der Waals surface area contributed by atoms with Crippen LogP contribution in [0.4, 0.5) is 0 Å². The van der Waals surface area contributed by atoms with Gasteiger partial charge >= 0.3 is 0 Å². The molecule has 0 aromatic carbocycles. The summed E-state index contributed by atoms with van der Waals surface area (Å²) in [5, 5.41) is 0. The summed E-state index contributed by atoms with van der Waals surface area (Å²) in [6.45, 7) is 9.91. The third-order valence-electron chi connectivity index (χ3n) is 4.31. The molecule has 0 bridgehead atoms. The van der Waals surface area contributed by atoms with Crippen molar-refractivity contribution in [3.63, 3.8) is 0 Å². The topological polar surface area (TPSA) is 0 Å². The maximum absolute atomic E-state index is 3.14. The molecule has 0 aliphatic rings. The predicted octanol–water partition coefficient (Wildman–Crippen LogP) is 18.7. The van der Waals surface area contributed by atoms with Gasteiger partial charge in [-0.3, -0.25) is 0 Å². The first-order valence-electron chi connectivity index (χ1n) is 10.9. The molecule has 18 unspecified atom stereocenters. The van der Waals surface area contributed by atoms with Gasteiger partial charge in [-0.15, -0.1) is 88.6 Å². The highest BCUT2D eigenvalue weighted by atomic mass is 32.7. The second-order valence-electron chi connectivity index (χ2n) is 7.30.